The lowest BCUT2D eigenvalue weighted by molar-refractivity contribution is -0.131. The lowest BCUT2D eigenvalue weighted by Crippen LogP contribution is -1.99. The fraction of sp³-hybridized carbons (Fsp3) is 0.0909. The van der Waals surface area contributed by atoms with Gasteiger partial charge < -0.3 is 5.11 Å². The third-order valence-electron chi connectivity index (χ3n) is 2.23. The molecule has 14 heavy (non-hydrogen) atoms. The minimum atomic E-state index is -1.07. The number of aliphatic carboxylic acids is 1. The molecule has 1 aliphatic rings. The Morgan fingerprint density at radius 1 is 1.36 bits per heavy atom. The second kappa shape index (κ2) is 3.10. The predicted molar refractivity (Wildman–Crippen MR) is 50.2 cm³/mol. The molecule has 1 N–H and O–H groups in total. The van der Waals surface area contributed by atoms with Gasteiger partial charge in [0.2, 0.25) is 0 Å². The topological polar surface area (TPSA) is 54.4 Å². The number of hydrogen-bond donors (Lipinski definition) is 1. The Labute approximate surface area is 80.7 Å². The van der Waals surface area contributed by atoms with Crippen LogP contribution in [0.15, 0.2) is 35.9 Å². The fourth-order valence-corrected chi connectivity index (χ4v) is 1.62. The first-order valence-corrected chi connectivity index (χ1v) is 4.24. The molecular weight excluding hydrogens is 180 g/mol. The number of carboxylic acids is 1. The molecule has 0 saturated carbocycles. The van der Waals surface area contributed by atoms with Gasteiger partial charge in [-0.15, -0.1) is 0 Å². The molecule has 70 valence electrons. The molecule has 1 aliphatic carbocycles. The second-order valence-electron chi connectivity index (χ2n) is 3.17. The van der Waals surface area contributed by atoms with Gasteiger partial charge in [0.25, 0.3) is 0 Å². The number of carboxylic acid groups (broad SMARTS) is 1. The highest BCUT2D eigenvalue weighted by molar-refractivity contribution is 6.15. The van der Waals surface area contributed by atoms with Crippen LogP contribution >= 0.6 is 0 Å². The Morgan fingerprint density at radius 2 is 2.07 bits per heavy atom. The summed E-state index contributed by atoms with van der Waals surface area (Å²) < 4.78 is 0. The highest BCUT2D eigenvalue weighted by atomic mass is 16.4. The Bertz CT molecular complexity index is 444. The molecule has 0 fully saturated rings. The van der Waals surface area contributed by atoms with E-state index in [0.29, 0.717) is 17.6 Å². The maximum atomic E-state index is 11.6. The van der Waals surface area contributed by atoms with Crippen LogP contribution in [0.3, 0.4) is 0 Å². The Balaban J connectivity index is 2.44. The van der Waals surface area contributed by atoms with Gasteiger partial charge in [-0.2, -0.15) is 0 Å². The summed E-state index contributed by atoms with van der Waals surface area (Å²) in [4.78, 5) is 22.0. The summed E-state index contributed by atoms with van der Waals surface area (Å²) in [7, 11) is 0. The van der Waals surface area contributed by atoms with E-state index in [1.807, 2.05) is 12.1 Å². The van der Waals surface area contributed by atoms with Crippen LogP contribution in [-0.4, -0.2) is 16.9 Å². The van der Waals surface area contributed by atoms with Crippen LogP contribution in [0, 0.1) is 0 Å². The van der Waals surface area contributed by atoms with E-state index in [1.165, 1.54) is 0 Å². The van der Waals surface area contributed by atoms with Crippen LogP contribution in [0.25, 0.3) is 0 Å². The molecule has 0 aliphatic heterocycles. The summed E-state index contributed by atoms with van der Waals surface area (Å²) >= 11 is 0. The van der Waals surface area contributed by atoms with Crippen molar-refractivity contribution in [1.82, 2.24) is 0 Å². The lowest BCUT2D eigenvalue weighted by atomic mass is 10.1. The molecule has 0 bridgehead atoms. The van der Waals surface area contributed by atoms with Gasteiger partial charge in [-0.05, 0) is 5.56 Å². The van der Waals surface area contributed by atoms with Crippen molar-refractivity contribution in [2.45, 2.75) is 6.42 Å². The average Bonchev–Trinajstić information content (AvgIpc) is 2.44. The maximum Gasteiger partial charge on any atom is 0.328 e. The van der Waals surface area contributed by atoms with Crippen molar-refractivity contribution in [3.63, 3.8) is 0 Å². The molecule has 1 aromatic carbocycles. The van der Waals surface area contributed by atoms with Crippen molar-refractivity contribution >= 4 is 11.8 Å². The van der Waals surface area contributed by atoms with E-state index in [9.17, 15) is 9.59 Å². The largest absolute Gasteiger partial charge is 0.478 e. The summed E-state index contributed by atoms with van der Waals surface area (Å²) in [6.07, 6.45) is 1.42. The smallest absolute Gasteiger partial charge is 0.328 e. The third-order valence-corrected chi connectivity index (χ3v) is 2.23. The molecule has 0 amide bonds. The van der Waals surface area contributed by atoms with Crippen molar-refractivity contribution in [2.24, 2.45) is 0 Å². The van der Waals surface area contributed by atoms with Crippen LogP contribution in [-0.2, 0) is 11.2 Å². The van der Waals surface area contributed by atoms with Crippen molar-refractivity contribution in [2.75, 3.05) is 0 Å². The van der Waals surface area contributed by atoms with Gasteiger partial charge in [0.1, 0.15) is 0 Å². The van der Waals surface area contributed by atoms with Gasteiger partial charge >= 0.3 is 5.97 Å². The van der Waals surface area contributed by atoms with E-state index in [1.54, 1.807) is 12.1 Å². The zero-order valence-electron chi connectivity index (χ0n) is 7.36. The zero-order valence-corrected chi connectivity index (χ0v) is 7.36. The van der Waals surface area contributed by atoms with E-state index in [-0.39, 0.29) is 5.78 Å². The van der Waals surface area contributed by atoms with Gasteiger partial charge in [-0.3, -0.25) is 4.79 Å². The van der Waals surface area contributed by atoms with Crippen LogP contribution in [0.1, 0.15) is 15.9 Å². The van der Waals surface area contributed by atoms with Crippen LogP contribution < -0.4 is 0 Å². The SMILES string of the molecule is O=C(O)/C=C1\Cc2ccccc2C1=O. The minimum Gasteiger partial charge on any atom is -0.478 e. The molecule has 0 saturated heterocycles. The normalized spacial score (nSPS) is 17.1. The van der Waals surface area contributed by atoms with Crippen molar-refractivity contribution in [3.05, 3.63) is 47.0 Å². The predicted octanol–water partition coefficient (Wildman–Crippen LogP) is 1.44. The number of allylic oxidation sites excluding steroid dienone is 1. The molecule has 0 unspecified atom stereocenters. The average molecular weight is 188 g/mol. The lowest BCUT2D eigenvalue weighted by Gasteiger charge is -1.91. The number of rotatable bonds is 1. The number of ketones is 1. The summed E-state index contributed by atoms with van der Waals surface area (Å²) in [5.41, 5.74) is 1.89. The van der Waals surface area contributed by atoms with Crippen molar-refractivity contribution in [1.29, 1.82) is 0 Å². The van der Waals surface area contributed by atoms with E-state index in [4.69, 9.17) is 5.11 Å². The highest BCUT2D eigenvalue weighted by Gasteiger charge is 2.24. The van der Waals surface area contributed by atoms with Gasteiger partial charge in [-0.1, -0.05) is 24.3 Å². The van der Waals surface area contributed by atoms with Gasteiger partial charge in [0.15, 0.2) is 5.78 Å². The highest BCUT2D eigenvalue weighted by Crippen LogP contribution is 2.25. The number of Topliss-reactive ketones (excluding diaryl/α,β-unsaturated/α-hetero) is 1. The zero-order chi connectivity index (χ0) is 10.1. The maximum absolute atomic E-state index is 11.6. The monoisotopic (exact) mass is 188 g/mol. The quantitative estimate of drug-likeness (QED) is 0.678. The first-order valence-electron chi connectivity index (χ1n) is 4.24. The molecule has 0 aromatic heterocycles. The number of fused-ring (bicyclic) bond motifs is 1. The molecule has 3 nitrogen and oxygen atoms in total. The van der Waals surface area contributed by atoms with Crippen LogP contribution in [0.2, 0.25) is 0 Å². The molecule has 0 spiro atoms. The van der Waals surface area contributed by atoms with Gasteiger partial charge in [0.05, 0.1) is 0 Å². The minimum absolute atomic E-state index is 0.164. The van der Waals surface area contributed by atoms with E-state index in [2.05, 4.69) is 0 Å². The molecule has 0 atom stereocenters. The number of carbonyl (C=O) groups excluding carboxylic acids is 1. The van der Waals surface area contributed by atoms with Crippen LogP contribution in [0.5, 0.6) is 0 Å². The third kappa shape index (κ3) is 1.33. The van der Waals surface area contributed by atoms with E-state index < -0.39 is 5.97 Å². The standard InChI is InChI=1S/C11H8O3/c12-10(13)6-8-5-7-3-1-2-4-9(7)11(8)14/h1-4,6H,5H2,(H,12,13)/b8-6+. The molecule has 2 rings (SSSR count). The van der Waals surface area contributed by atoms with Crippen LogP contribution in [0.4, 0.5) is 0 Å². The molecule has 0 heterocycles. The fourth-order valence-electron chi connectivity index (χ4n) is 1.62. The van der Waals surface area contributed by atoms with Crippen molar-refractivity contribution < 1.29 is 14.7 Å². The first-order chi connectivity index (χ1) is 6.68. The summed E-state index contributed by atoms with van der Waals surface area (Å²) in [6.45, 7) is 0. The second-order valence-corrected chi connectivity index (χ2v) is 3.17. The molecule has 3 heteroatoms. The number of benzene rings is 1. The van der Waals surface area contributed by atoms with Crippen molar-refractivity contribution in [3.8, 4) is 0 Å². The summed E-state index contributed by atoms with van der Waals surface area (Å²) in [6, 6.07) is 7.19. The number of hydrogen-bond acceptors (Lipinski definition) is 2. The molecular formula is C11H8O3. The van der Waals surface area contributed by atoms with Gasteiger partial charge in [-0.25, -0.2) is 4.79 Å². The summed E-state index contributed by atoms with van der Waals surface area (Å²) in [5.74, 6) is -1.23. The number of carbonyl (C=O) groups is 2. The van der Waals surface area contributed by atoms with Gasteiger partial charge in [0, 0.05) is 23.6 Å². The first kappa shape index (κ1) is 8.69. The molecule has 1 aromatic rings. The Hall–Kier alpha value is -1.90. The Morgan fingerprint density at radius 3 is 2.71 bits per heavy atom. The Kier molecular flexibility index (Phi) is 1.93. The van der Waals surface area contributed by atoms with E-state index in [0.717, 1.165) is 11.6 Å². The molecule has 0 radical (unpaired) electrons. The summed E-state index contributed by atoms with van der Waals surface area (Å²) in [5, 5.41) is 8.54. The van der Waals surface area contributed by atoms with E-state index >= 15 is 0 Å².